The van der Waals surface area contributed by atoms with Crippen molar-refractivity contribution >= 4 is 29.1 Å². The normalized spacial score (nSPS) is 18.9. The van der Waals surface area contributed by atoms with Gasteiger partial charge in [0, 0.05) is 18.7 Å². The average Bonchev–Trinajstić information content (AvgIpc) is 2.47. The maximum Gasteiger partial charge on any atom is 0.253 e. The maximum atomic E-state index is 12.4. The number of hydrogen-bond donors (Lipinski definition) is 0. The Hall–Kier alpha value is -1.03. The Morgan fingerprint density at radius 1 is 1.45 bits per heavy atom. The van der Waals surface area contributed by atoms with Gasteiger partial charge in [0.15, 0.2) is 0 Å². The summed E-state index contributed by atoms with van der Waals surface area (Å²) in [5, 5.41) is 0.850. The molecule has 0 aliphatic carbocycles. The molecule has 2 rings (SSSR count). The lowest BCUT2D eigenvalue weighted by molar-refractivity contribution is 0.0134. The molecule has 1 heterocycles. The van der Waals surface area contributed by atoms with Crippen LogP contribution in [0.4, 0.5) is 0 Å². The van der Waals surface area contributed by atoms with Crippen LogP contribution in [-0.2, 0) is 4.74 Å². The van der Waals surface area contributed by atoms with E-state index in [0.717, 1.165) is 19.4 Å². The van der Waals surface area contributed by atoms with Crippen LogP contribution < -0.4 is 0 Å². The molecule has 0 aromatic heterocycles. The molecule has 0 saturated carbocycles. The first-order chi connectivity index (χ1) is 9.61. The van der Waals surface area contributed by atoms with Gasteiger partial charge in [-0.1, -0.05) is 29.3 Å². The average molecular weight is 314 g/mol. The SMILES string of the molecule is C=CCOC1CCCN(C(=O)c2ccc(Cl)c(Cl)c2)C1. The van der Waals surface area contributed by atoms with Crippen molar-refractivity contribution in [2.45, 2.75) is 18.9 Å². The van der Waals surface area contributed by atoms with Crippen molar-refractivity contribution in [2.75, 3.05) is 19.7 Å². The lowest BCUT2D eigenvalue weighted by Crippen LogP contribution is -2.43. The van der Waals surface area contributed by atoms with E-state index in [9.17, 15) is 4.79 Å². The van der Waals surface area contributed by atoms with Crippen molar-refractivity contribution in [2.24, 2.45) is 0 Å². The number of hydrogen-bond acceptors (Lipinski definition) is 2. The van der Waals surface area contributed by atoms with Crippen molar-refractivity contribution < 1.29 is 9.53 Å². The Balaban J connectivity index is 2.04. The van der Waals surface area contributed by atoms with E-state index >= 15 is 0 Å². The molecule has 1 saturated heterocycles. The monoisotopic (exact) mass is 313 g/mol. The lowest BCUT2D eigenvalue weighted by atomic mass is 10.1. The molecular weight excluding hydrogens is 297 g/mol. The highest BCUT2D eigenvalue weighted by atomic mass is 35.5. The molecular formula is C15H17Cl2NO2. The van der Waals surface area contributed by atoms with Gasteiger partial charge < -0.3 is 9.64 Å². The van der Waals surface area contributed by atoms with Crippen molar-refractivity contribution in [3.63, 3.8) is 0 Å². The molecule has 108 valence electrons. The van der Waals surface area contributed by atoms with Gasteiger partial charge in [0.2, 0.25) is 0 Å². The summed E-state index contributed by atoms with van der Waals surface area (Å²) in [6.45, 7) is 5.49. The number of benzene rings is 1. The second kappa shape index (κ2) is 7.11. The fourth-order valence-corrected chi connectivity index (χ4v) is 2.57. The number of carbonyl (C=O) groups is 1. The zero-order valence-electron chi connectivity index (χ0n) is 11.1. The lowest BCUT2D eigenvalue weighted by Gasteiger charge is -2.32. The summed E-state index contributed by atoms with van der Waals surface area (Å²) in [4.78, 5) is 14.2. The van der Waals surface area contributed by atoms with Crippen LogP contribution in [0.25, 0.3) is 0 Å². The van der Waals surface area contributed by atoms with Gasteiger partial charge in [0.25, 0.3) is 5.91 Å². The molecule has 1 atom stereocenters. The van der Waals surface area contributed by atoms with Crippen LogP contribution in [0.5, 0.6) is 0 Å². The van der Waals surface area contributed by atoms with Crippen LogP contribution >= 0.6 is 23.2 Å². The summed E-state index contributed by atoms with van der Waals surface area (Å²) < 4.78 is 5.63. The number of amides is 1. The first-order valence-corrected chi connectivity index (χ1v) is 7.34. The third kappa shape index (κ3) is 3.75. The topological polar surface area (TPSA) is 29.5 Å². The first-order valence-electron chi connectivity index (χ1n) is 6.58. The Kier molecular flexibility index (Phi) is 5.46. The molecule has 0 bridgehead atoms. The molecule has 1 aromatic rings. The molecule has 1 unspecified atom stereocenters. The van der Waals surface area contributed by atoms with Crippen LogP contribution in [0.2, 0.25) is 10.0 Å². The fourth-order valence-electron chi connectivity index (χ4n) is 2.27. The molecule has 1 aromatic carbocycles. The minimum Gasteiger partial charge on any atom is -0.372 e. The van der Waals surface area contributed by atoms with E-state index in [2.05, 4.69) is 6.58 Å². The number of carbonyl (C=O) groups excluding carboxylic acids is 1. The van der Waals surface area contributed by atoms with Crippen LogP contribution in [0.3, 0.4) is 0 Å². The van der Waals surface area contributed by atoms with E-state index in [1.165, 1.54) is 0 Å². The summed E-state index contributed by atoms with van der Waals surface area (Å²) in [7, 11) is 0. The molecule has 1 aliphatic rings. The molecule has 1 aliphatic heterocycles. The van der Waals surface area contributed by atoms with E-state index in [0.29, 0.717) is 28.8 Å². The van der Waals surface area contributed by atoms with Crippen LogP contribution in [0, 0.1) is 0 Å². The van der Waals surface area contributed by atoms with E-state index < -0.39 is 0 Å². The molecule has 0 spiro atoms. The third-order valence-electron chi connectivity index (χ3n) is 3.28. The van der Waals surface area contributed by atoms with Crippen LogP contribution in [0.1, 0.15) is 23.2 Å². The second-order valence-electron chi connectivity index (χ2n) is 4.77. The van der Waals surface area contributed by atoms with Gasteiger partial charge in [-0.25, -0.2) is 0 Å². The first kappa shape index (κ1) is 15.4. The summed E-state index contributed by atoms with van der Waals surface area (Å²) >= 11 is 11.8. The van der Waals surface area contributed by atoms with Gasteiger partial charge in [-0.3, -0.25) is 4.79 Å². The van der Waals surface area contributed by atoms with Gasteiger partial charge in [-0.05, 0) is 31.0 Å². The molecule has 1 fully saturated rings. The van der Waals surface area contributed by atoms with Crippen molar-refractivity contribution in [1.29, 1.82) is 0 Å². The minimum absolute atomic E-state index is 0.0320. The number of likely N-dealkylation sites (tertiary alicyclic amines) is 1. The Morgan fingerprint density at radius 3 is 2.95 bits per heavy atom. The van der Waals surface area contributed by atoms with Crippen molar-refractivity contribution in [3.8, 4) is 0 Å². The second-order valence-corrected chi connectivity index (χ2v) is 5.58. The van der Waals surface area contributed by atoms with Gasteiger partial charge in [0.1, 0.15) is 0 Å². The van der Waals surface area contributed by atoms with Gasteiger partial charge in [0.05, 0.1) is 22.8 Å². The zero-order chi connectivity index (χ0) is 14.5. The fraction of sp³-hybridized carbons (Fsp3) is 0.400. The highest BCUT2D eigenvalue weighted by Crippen LogP contribution is 2.24. The Morgan fingerprint density at radius 2 is 2.25 bits per heavy atom. The number of piperidine rings is 1. The van der Waals surface area contributed by atoms with Crippen LogP contribution in [-0.4, -0.2) is 36.6 Å². The Labute approximate surface area is 129 Å². The number of halogens is 2. The van der Waals surface area contributed by atoms with E-state index in [4.69, 9.17) is 27.9 Å². The third-order valence-corrected chi connectivity index (χ3v) is 4.02. The molecule has 1 amide bonds. The maximum absolute atomic E-state index is 12.4. The number of ether oxygens (including phenoxy) is 1. The van der Waals surface area contributed by atoms with Crippen molar-refractivity contribution in [1.82, 2.24) is 4.90 Å². The van der Waals surface area contributed by atoms with Gasteiger partial charge in [-0.15, -0.1) is 6.58 Å². The summed E-state index contributed by atoms with van der Waals surface area (Å²) in [5.41, 5.74) is 0.559. The van der Waals surface area contributed by atoms with Crippen molar-refractivity contribution in [3.05, 3.63) is 46.5 Å². The number of nitrogens with zero attached hydrogens (tertiary/aromatic N) is 1. The highest BCUT2D eigenvalue weighted by molar-refractivity contribution is 6.42. The quantitative estimate of drug-likeness (QED) is 0.791. The highest BCUT2D eigenvalue weighted by Gasteiger charge is 2.25. The smallest absolute Gasteiger partial charge is 0.253 e. The summed E-state index contributed by atoms with van der Waals surface area (Å²) in [6, 6.07) is 4.96. The number of rotatable bonds is 4. The predicted molar refractivity (Wildman–Crippen MR) is 81.5 cm³/mol. The molecule has 5 heteroatoms. The van der Waals surface area contributed by atoms with E-state index in [-0.39, 0.29) is 12.0 Å². The summed E-state index contributed by atoms with van der Waals surface area (Å²) in [5.74, 6) is -0.0320. The predicted octanol–water partition coefficient (Wildman–Crippen LogP) is 3.80. The standard InChI is InChI=1S/C15H17Cl2NO2/c1-2-8-20-12-4-3-7-18(10-12)15(19)11-5-6-13(16)14(17)9-11/h2,5-6,9,12H,1,3-4,7-8,10H2. The van der Waals surface area contributed by atoms with E-state index in [1.807, 2.05) is 0 Å². The zero-order valence-corrected chi connectivity index (χ0v) is 12.7. The van der Waals surface area contributed by atoms with Gasteiger partial charge in [-0.2, -0.15) is 0 Å². The van der Waals surface area contributed by atoms with Gasteiger partial charge >= 0.3 is 0 Å². The Bertz CT molecular complexity index is 505. The molecule has 0 radical (unpaired) electrons. The van der Waals surface area contributed by atoms with Crippen LogP contribution in [0.15, 0.2) is 30.9 Å². The molecule has 20 heavy (non-hydrogen) atoms. The summed E-state index contributed by atoms with van der Waals surface area (Å²) in [6.07, 6.45) is 3.71. The largest absolute Gasteiger partial charge is 0.372 e. The van der Waals surface area contributed by atoms with E-state index in [1.54, 1.807) is 29.2 Å². The molecule has 0 N–H and O–H groups in total. The minimum atomic E-state index is -0.0320. The molecule has 3 nitrogen and oxygen atoms in total.